The van der Waals surface area contributed by atoms with E-state index in [1.165, 1.54) is 6.21 Å². The highest BCUT2D eigenvalue weighted by molar-refractivity contribution is 9.10. The topological polar surface area (TPSA) is 88.6 Å². The van der Waals surface area contributed by atoms with Gasteiger partial charge in [-0.15, -0.1) is 0 Å². The van der Waals surface area contributed by atoms with Crippen molar-refractivity contribution in [1.29, 1.82) is 0 Å². The van der Waals surface area contributed by atoms with Crippen LogP contribution in [0.2, 0.25) is 0 Å². The zero-order chi connectivity index (χ0) is 19.2. The Kier molecular flexibility index (Phi) is 5.87. The molecule has 0 radical (unpaired) electrons. The molecular weight excluding hydrogens is 412 g/mol. The number of amides is 1. The van der Waals surface area contributed by atoms with Gasteiger partial charge in [-0.3, -0.25) is 9.89 Å². The fraction of sp³-hybridized carbons (Fsp3) is 0.105. The van der Waals surface area contributed by atoms with Gasteiger partial charge in [0.1, 0.15) is 5.69 Å². The summed E-state index contributed by atoms with van der Waals surface area (Å²) in [6, 6.07) is 14.6. The molecule has 0 spiro atoms. The third kappa shape index (κ3) is 4.35. The molecule has 2 N–H and O–H groups in total. The van der Waals surface area contributed by atoms with E-state index in [9.17, 15) is 4.79 Å². The van der Waals surface area contributed by atoms with Crippen LogP contribution in [0.25, 0.3) is 11.3 Å². The minimum atomic E-state index is -0.391. The summed E-state index contributed by atoms with van der Waals surface area (Å²) in [6.45, 7) is 0. The van der Waals surface area contributed by atoms with Crippen molar-refractivity contribution in [2.24, 2.45) is 5.10 Å². The van der Waals surface area contributed by atoms with Crippen molar-refractivity contribution in [3.63, 3.8) is 0 Å². The quantitative estimate of drug-likeness (QED) is 0.463. The van der Waals surface area contributed by atoms with Crippen LogP contribution in [-0.4, -0.2) is 36.5 Å². The predicted molar refractivity (Wildman–Crippen MR) is 106 cm³/mol. The van der Waals surface area contributed by atoms with E-state index in [4.69, 9.17) is 9.47 Å². The summed E-state index contributed by atoms with van der Waals surface area (Å²) < 4.78 is 11.3. The van der Waals surface area contributed by atoms with Gasteiger partial charge in [0.2, 0.25) is 0 Å². The van der Waals surface area contributed by atoms with Gasteiger partial charge in [-0.2, -0.15) is 10.2 Å². The lowest BCUT2D eigenvalue weighted by Gasteiger charge is -2.07. The van der Waals surface area contributed by atoms with E-state index in [-0.39, 0.29) is 0 Å². The molecule has 0 aliphatic heterocycles. The van der Waals surface area contributed by atoms with Gasteiger partial charge in [0.15, 0.2) is 11.5 Å². The molecule has 0 aliphatic carbocycles. The molecule has 0 fully saturated rings. The predicted octanol–water partition coefficient (Wildman–Crippen LogP) is 3.62. The second-order valence-electron chi connectivity index (χ2n) is 5.46. The Morgan fingerprint density at radius 3 is 2.67 bits per heavy atom. The molecule has 138 valence electrons. The monoisotopic (exact) mass is 428 g/mol. The van der Waals surface area contributed by atoms with E-state index in [2.05, 4.69) is 36.7 Å². The summed E-state index contributed by atoms with van der Waals surface area (Å²) in [7, 11) is 3.12. The number of aromatic amines is 1. The van der Waals surface area contributed by atoms with Crippen LogP contribution in [0, 0.1) is 0 Å². The van der Waals surface area contributed by atoms with Gasteiger partial charge in [-0.05, 0) is 35.9 Å². The number of halogens is 1. The maximum atomic E-state index is 12.2. The average Bonchev–Trinajstić information content (AvgIpc) is 3.18. The molecule has 3 aromatic rings. The highest BCUT2D eigenvalue weighted by atomic mass is 79.9. The zero-order valence-corrected chi connectivity index (χ0v) is 16.3. The van der Waals surface area contributed by atoms with Crippen molar-refractivity contribution < 1.29 is 14.3 Å². The van der Waals surface area contributed by atoms with Crippen LogP contribution in [-0.2, 0) is 0 Å². The van der Waals surface area contributed by atoms with Crippen molar-refractivity contribution in [3.8, 4) is 22.8 Å². The first-order valence-electron chi connectivity index (χ1n) is 7.98. The van der Waals surface area contributed by atoms with E-state index in [0.717, 1.165) is 15.6 Å². The lowest BCUT2D eigenvalue weighted by Crippen LogP contribution is -2.18. The van der Waals surface area contributed by atoms with Crippen LogP contribution < -0.4 is 14.9 Å². The van der Waals surface area contributed by atoms with Gasteiger partial charge in [0, 0.05) is 10.0 Å². The molecule has 1 heterocycles. The van der Waals surface area contributed by atoms with Gasteiger partial charge < -0.3 is 9.47 Å². The number of H-pyrrole nitrogens is 1. The third-order valence-corrected chi connectivity index (χ3v) is 4.45. The van der Waals surface area contributed by atoms with Crippen LogP contribution >= 0.6 is 15.9 Å². The second-order valence-corrected chi connectivity index (χ2v) is 6.31. The normalized spacial score (nSPS) is 10.8. The number of hydrazone groups is 1. The highest BCUT2D eigenvalue weighted by Gasteiger charge is 2.12. The molecule has 7 nitrogen and oxygen atoms in total. The summed E-state index contributed by atoms with van der Waals surface area (Å²) in [5.74, 6) is 0.813. The van der Waals surface area contributed by atoms with Crippen LogP contribution in [0.15, 0.2) is 58.1 Å². The molecule has 0 bridgehead atoms. The van der Waals surface area contributed by atoms with Crippen LogP contribution in [0.1, 0.15) is 16.1 Å². The van der Waals surface area contributed by atoms with E-state index in [1.54, 1.807) is 38.5 Å². The number of carbonyl (C=O) groups is 1. The van der Waals surface area contributed by atoms with Crippen LogP contribution in [0.5, 0.6) is 11.5 Å². The summed E-state index contributed by atoms with van der Waals surface area (Å²) in [5, 5.41) is 10.9. The van der Waals surface area contributed by atoms with Crippen molar-refractivity contribution in [2.75, 3.05) is 14.2 Å². The summed E-state index contributed by atoms with van der Waals surface area (Å²) in [5.41, 5.74) is 5.09. The molecule has 0 aliphatic rings. The first-order chi connectivity index (χ1) is 13.1. The largest absolute Gasteiger partial charge is 0.493 e. The number of nitrogens with one attached hydrogen (secondary N) is 2. The number of hydrogen-bond acceptors (Lipinski definition) is 5. The fourth-order valence-electron chi connectivity index (χ4n) is 2.40. The Morgan fingerprint density at radius 1 is 1.15 bits per heavy atom. The first kappa shape index (κ1) is 18.7. The van der Waals surface area contributed by atoms with E-state index >= 15 is 0 Å². The summed E-state index contributed by atoms with van der Waals surface area (Å²) >= 11 is 3.47. The summed E-state index contributed by atoms with van der Waals surface area (Å²) in [4.78, 5) is 12.2. The number of aromatic nitrogens is 2. The van der Waals surface area contributed by atoms with E-state index < -0.39 is 5.91 Å². The number of carbonyl (C=O) groups excluding carboxylic acids is 1. The maximum Gasteiger partial charge on any atom is 0.289 e. The van der Waals surface area contributed by atoms with Gasteiger partial charge in [-0.25, -0.2) is 5.43 Å². The Balaban J connectivity index is 1.68. The fourth-order valence-corrected chi connectivity index (χ4v) is 2.89. The molecule has 3 rings (SSSR count). The van der Waals surface area contributed by atoms with Crippen molar-refractivity contribution in [1.82, 2.24) is 15.6 Å². The standard InChI is InChI=1S/C19H17BrN4O3/c1-26-17-8-7-12(9-18(17)27-2)11-21-24-19(25)16-10-15(22-23-16)13-5-3-4-6-14(13)20/h3-11H,1-2H3,(H,22,23)(H,24,25). The molecule has 27 heavy (non-hydrogen) atoms. The smallest absolute Gasteiger partial charge is 0.289 e. The molecule has 0 unspecified atom stereocenters. The molecule has 8 heteroatoms. The number of hydrogen-bond donors (Lipinski definition) is 2. The SMILES string of the molecule is COc1ccc(C=NNC(=O)c2cc(-c3ccccc3Br)n[nH]2)cc1OC. The van der Waals surface area contributed by atoms with Crippen molar-refractivity contribution in [2.45, 2.75) is 0 Å². The minimum absolute atomic E-state index is 0.310. The number of rotatable bonds is 6. The van der Waals surface area contributed by atoms with Gasteiger partial charge >= 0.3 is 0 Å². The lowest BCUT2D eigenvalue weighted by atomic mass is 10.1. The first-order valence-corrected chi connectivity index (χ1v) is 8.77. The minimum Gasteiger partial charge on any atom is -0.493 e. The van der Waals surface area contributed by atoms with Crippen LogP contribution in [0.4, 0.5) is 0 Å². The Hall–Kier alpha value is -3.13. The average molecular weight is 429 g/mol. The second kappa shape index (κ2) is 8.50. The van der Waals surface area contributed by atoms with Crippen LogP contribution in [0.3, 0.4) is 0 Å². The van der Waals surface area contributed by atoms with Gasteiger partial charge in [0.05, 0.1) is 26.1 Å². The molecule has 1 aromatic heterocycles. The van der Waals surface area contributed by atoms with Crippen molar-refractivity contribution >= 4 is 28.1 Å². The number of benzene rings is 2. The van der Waals surface area contributed by atoms with E-state index in [1.807, 2.05) is 24.3 Å². The Morgan fingerprint density at radius 2 is 1.93 bits per heavy atom. The van der Waals surface area contributed by atoms with Gasteiger partial charge in [-0.1, -0.05) is 34.1 Å². The number of methoxy groups -OCH3 is 2. The molecule has 2 aromatic carbocycles. The Bertz CT molecular complexity index is 985. The maximum absolute atomic E-state index is 12.2. The van der Waals surface area contributed by atoms with Crippen molar-refractivity contribution in [3.05, 3.63) is 64.3 Å². The number of nitrogens with zero attached hydrogens (tertiary/aromatic N) is 2. The van der Waals surface area contributed by atoms with E-state index in [0.29, 0.717) is 22.9 Å². The Labute approximate surface area is 164 Å². The van der Waals surface area contributed by atoms with Gasteiger partial charge in [0.25, 0.3) is 5.91 Å². The summed E-state index contributed by atoms with van der Waals surface area (Å²) in [6.07, 6.45) is 1.52. The molecular formula is C19H17BrN4O3. The third-order valence-electron chi connectivity index (χ3n) is 3.76. The highest BCUT2D eigenvalue weighted by Crippen LogP contribution is 2.27. The molecule has 0 saturated heterocycles. The molecule has 0 atom stereocenters. The lowest BCUT2D eigenvalue weighted by molar-refractivity contribution is 0.0950. The zero-order valence-electron chi connectivity index (χ0n) is 14.7. The molecule has 1 amide bonds. The molecule has 0 saturated carbocycles. The number of ether oxygens (including phenoxy) is 2.